The molecule has 0 radical (unpaired) electrons. The van der Waals surface area contributed by atoms with Crippen LogP contribution in [-0.2, 0) is 16.6 Å². The van der Waals surface area contributed by atoms with Crippen molar-refractivity contribution < 1.29 is 12.8 Å². The van der Waals surface area contributed by atoms with Crippen molar-refractivity contribution in [2.24, 2.45) is 5.14 Å². The second-order valence-electron chi connectivity index (χ2n) is 7.72. The molecule has 0 fully saturated rings. The Labute approximate surface area is 200 Å². The van der Waals surface area contributed by atoms with Gasteiger partial charge in [0.2, 0.25) is 16.0 Å². The van der Waals surface area contributed by atoms with E-state index in [1.54, 1.807) is 12.1 Å². The summed E-state index contributed by atoms with van der Waals surface area (Å²) in [5.74, 6) is 0.167. The molecule has 0 aliphatic heterocycles. The van der Waals surface area contributed by atoms with Gasteiger partial charge in [0, 0.05) is 18.0 Å². The number of aromatic nitrogens is 4. The third-order valence-electron chi connectivity index (χ3n) is 5.32. The number of fused-ring (bicyclic) bond motifs is 1. The first-order chi connectivity index (χ1) is 16.9. The van der Waals surface area contributed by atoms with Gasteiger partial charge in [-0.1, -0.05) is 48.5 Å². The number of primary sulfonamides is 1. The van der Waals surface area contributed by atoms with Crippen LogP contribution in [0.3, 0.4) is 0 Å². The van der Waals surface area contributed by atoms with Crippen molar-refractivity contribution in [3.63, 3.8) is 0 Å². The zero-order chi connectivity index (χ0) is 24.4. The summed E-state index contributed by atoms with van der Waals surface area (Å²) in [4.78, 5) is 17.1. The molecule has 0 spiro atoms. The van der Waals surface area contributed by atoms with E-state index in [0.29, 0.717) is 22.6 Å². The van der Waals surface area contributed by atoms with Crippen molar-refractivity contribution in [3.8, 4) is 22.5 Å². The lowest BCUT2D eigenvalue weighted by Gasteiger charge is -2.14. The summed E-state index contributed by atoms with van der Waals surface area (Å²) in [5, 5.41) is 9.29. The van der Waals surface area contributed by atoms with Crippen LogP contribution in [0.1, 0.15) is 5.69 Å². The van der Waals surface area contributed by atoms with Crippen LogP contribution >= 0.6 is 0 Å². The summed E-state index contributed by atoms with van der Waals surface area (Å²) in [7, 11) is -3.96. The lowest BCUT2D eigenvalue weighted by Crippen LogP contribution is -2.12. The normalized spacial score (nSPS) is 11.5. The number of hydrogen-bond acceptors (Lipinski definition) is 7. The van der Waals surface area contributed by atoms with E-state index in [4.69, 9.17) is 10.1 Å². The Bertz CT molecular complexity index is 1650. The highest BCUT2D eigenvalue weighted by Gasteiger charge is 2.16. The average Bonchev–Trinajstić information content (AvgIpc) is 2.87. The molecule has 0 amide bonds. The van der Waals surface area contributed by atoms with Gasteiger partial charge >= 0.3 is 0 Å². The minimum Gasteiger partial charge on any atom is -0.364 e. The fourth-order valence-electron chi connectivity index (χ4n) is 3.72. The van der Waals surface area contributed by atoms with Crippen molar-refractivity contribution in [2.45, 2.75) is 11.4 Å². The Morgan fingerprint density at radius 2 is 1.66 bits per heavy atom. The van der Waals surface area contributed by atoms with Gasteiger partial charge in [0.1, 0.15) is 10.7 Å². The number of hydrogen-bond donors (Lipinski definition) is 2. The van der Waals surface area contributed by atoms with Gasteiger partial charge in [-0.2, -0.15) is 4.39 Å². The number of anilines is 1. The lowest BCUT2D eigenvalue weighted by molar-refractivity contribution is 0.578. The summed E-state index contributed by atoms with van der Waals surface area (Å²) in [5.41, 5.74) is 3.39. The second-order valence-corrected chi connectivity index (χ2v) is 9.28. The number of nitrogens with one attached hydrogen (secondary N) is 1. The molecule has 0 aliphatic rings. The highest BCUT2D eigenvalue weighted by Crippen LogP contribution is 2.34. The van der Waals surface area contributed by atoms with Crippen molar-refractivity contribution in [1.82, 2.24) is 19.9 Å². The van der Waals surface area contributed by atoms with Crippen LogP contribution < -0.4 is 10.5 Å². The molecule has 0 atom stereocenters. The van der Waals surface area contributed by atoms with Gasteiger partial charge in [-0.05, 0) is 35.4 Å². The molecule has 0 saturated carbocycles. The fraction of sp³-hybridized carbons (Fsp3) is 0.0400. The monoisotopic (exact) mass is 486 g/mol. The fourth-order valence-corrected chi connectivity index (χ4v) is 4.22. The number of benzene rings is 2. The molecule has 3 aromatic heterocycles. The highest BCUT2D eigenvalue weighted by molar-refractivity contribution is 7.89. The first-order valence-electron chi connectivity index (χ1n) is 10.6. The summed E-state index contributed by atoms with van der Waals surface area (Å²) in [6, 6.07) is 21.4. The molecule has 5 rings (SSSR count). The number of pyridine rings is 2. The molecule has 5 aromatic rings. The number of nitrogens with two attached hydrogens (primary N) is 1. The smallest absolute Gasteiger partial charge is 0.239 e. The largest absolute Gasteiger partial charge is 0.364 e. The maximum absolute atomic E-state index is 13.6. The number of rotatable bonds is 6. The number of sulfonamides is 1. The molecule has 3 heterocycles. The predicted octanol–water partition coefficient (Wildman–Crippen LogP) is 4.15. The van der Waals surface area contributed by atoms with Gasteiger partial charge in [-0.25, -0.2) is 28.5 Å². The predicted molar refractivity (Wildman–Crippen MR) is 131 cm³/mol. The molecule has 0 saturated heterocycles. The van der Waals surface area contributed by atoms with Crippen LogP contribution in [0, 0.1) is 5.95 Å². The first kappa shape index (κ1) is 22.5. The third-order valence-corrected chi connectivity index (χ3v) is 6.20. The summed E-state index contributed by atoms with van der Waals surface area (Å²) in [6.45, 7) is 0.210. The van der Waals surface area contributed by atoms with Crippen molar-refractivity contribution >= 4 is 26.7 Å². The van der Waals surface area contributed by atoms with Crippen molar-refractivity contribution in [2.75, 3.05) is 5.32 Å². The molecule has 10 heteroatoms. The third kappa shape index (κ3) is 4.84. The van der Waals surface area contributed by atoms with Crippen LogP contribution in [0.25, 0.3) is 33.4 Å². The van der Waals surface area contributed by atoms with E-state index in [9.17, 15) is 12.8 Å². The molecule has 2 aromatic carbocycles. The zero-order valence-corrected chi connectivity index (χ0v) is 19.1. The Kier molecular flexibility index (Phi) is 5.89. The Balaban J connectivity index is 1.68. The van der Waals surface area contributed by atoms with E-state index < -0.39 is 16.0 Å². The summed E-state index contributed by atoms with van der Waals surface area (Å²) in [6.07, 6.45) is 2.64. The molecule has 3 N–H and O–H groups in total. The molecule has 8 nitrogen and oxygen atoms in total. The number of nitrogens with zero attached hydrogens (tertiary/aromatic N) is 4. The topological polar surface area (TPSA) is 124 Å². The van der Waals surface area contributed by atoms with E-state index in [1.807, 2.05) is 48.5 Å². The van der Waals surface area contributed by atoms with Crippen LogP contribution in [0.4, 0.5) is 10.2 Å². The Hall–Kier alpha value is -4.28. The van der Waals surface area contributed by atoms with Gasteiger partial charge in [-0.15, -0.1) is 0 Å². The summed E-state index contributed by atoms with van der Waals surface area (Å²) >= 11 is 0. The van der Waals surface area contributed by atoms with Crippen LogP contribution in [0.2, 0.25) is 0 Å². The average molecular weight is 487 g/mol. The van der Waals surface area contributed by atoms with E-state index >= 15 is 0 Å². The summed E-state index contributed by atoms with van der Waals surface area (Å²) < 4.78 is 37.3. The molecule has 0 unspecified atom stereocenters. The maximum Gasteiger partial charge on any atom is 0.239 e. The Morgan fingerprint density at radius 3 is 2.43 bits per heavy atom. The van der Waals surface area contributed by atoms with Gasteiger partial charge < -0.3 is 5.32 Å². The SMILES string of the molecule is NS(=O)(=O)c1cncc(-c2nc(NCc3cccc(F)n3)c3c(-c4ccccc4)cccc3n2)c1. The van der Waals surface area contributed by atoms with Crippen LogP contribution in [0.15, 0.2) is 90.1 Å². The molecular formula is C25H19FN6O2S. The van der Waals surface area contributed by atoms with E-state index in [2.05, 4.69) is 20.3 Å². The minimum atomic E-state index is -3.96. The molecule has 0 aliphatic carbocycles. The standard InChI is InChI=1S/C25H19FN6O2S/c26-22-11-4-8-18(30-22)14-29-25-23-20(16-6-2-1-3-7-16)9-5-10-21(23)31-24(32-25)17-12-19(15-28-13-17)35(27,33)34/h1-13,15H,14H2,(H2,27,33,34)(H,29,31,32). The van der Waals surface area contributed by atoms with Crippen LogP contribution in [-0.4, -0.2) is 28.4 Å². The van der Waals surface area contributed by atoms with Crippen molar-refractivity contribution in [1.29, 1.82) is 0 Å². The molecule has 0 bridgehead atoms. The zero-order valence-electron chi connectivity index (χ0n) is 18.3. The van der Waals surface area contributed by atoms with E-state index in [-0.39, 0.29) is 17.3 Å². The van der Waals surface area contributed by atoms with Crippen molar-refractivity contribution in [3.05, 3.63) is 96.8 Å². The first-order valence-corrected chi connectivity index (χ1v) is 12.1. The minimum absolute atomic E-state index is 0.143. The van der Waals surface area contributed by atoms with E-state index in [0.717, 1.165) is 16.5 Å². The maximum atomic E-state index is 13.6. The lowest BCUT2D eigenvalue weighted by atomic mass is 10.0. The highest BCUT2D eigenvalue weighted by atomic mass is 32.2. The second kappa shape index (κ2) is 9.16. The number of halogens is 1. The Morgan fingerprint density at radius 1 is 0.857 bits per heavy atom. The van der Waals surface area contributed by atoms with Gasteiger partial charge in [0.15, 0.2) is 5.82 Å². The van der Waals surface area contributed by atoms with Crippen LogP contribution in [0.5, 0.6) is 0 Å². The molecule has 174 valence electrons. The molecule has 35 heavy (non-hydrogen) atoms. The van der Waals surface area contributed by atoms with Gasteiger partial charge in [0.25, 0.3) is 0 Å². The van der Waals surface area contributed by atoms with Gasteiger partial charge in [-0.3, -0.25) is 4.98 Å². The van der Waals surface area contributed by atoms with Gasteiger partial charge in [0.05, 0.1) is 23.1 Å². The van der Waals surface area contributed by atoms with E-state index in [1.165, 1.54) is 24.5 Å². The quantitative estimate of drug-likeness (QED) is 0.346. The molecular weight excluding hydrogens is 467 g/mol.